The molecule has 0 unspecified atom stereocenters. The van der Waals surface area contributed by atoms with Gasteiger partial charge < -0.3 is 4.43 Å². The Balaban J connectivity index is 2.83. The maximum atomic E-state index is 9.94. The second-order valence-electron chi connectivity index (χ2n) is 1.14. The lowest BCUT2D eigenvalue weighted by Crippen LogP contribution is -1.99. The Morgan fingerprint density at radius 1 is 2.00 bits per heavy atom. The van der Waals surface area contributed by atoms with E-state index in [1.807, 2.05) is 0 Å². The van der Waals surface area contributed by atoms with Crippen LogP contribution >= 0.6 is 0 Å². The number of hydrogen-bond acceptors (Lipinski definition) is 2. The van der Waals surface area contributed by atoms with E-state index in [0.717, 1.165) is 0 Å². The normalized spacial score (nSPS) is 8.83. The van der Waals surface area contributed by atoms with E-state index >= 15 is 0 Å². The molecule has 0 fully saturated rings. The zero-order chi connectivity index (χ0) is 4.99. The lowest BCUT2D eigenvalue weighted by atomic mass is 10.5. The topological polar surface area (TPSA) is 26.3 Å². The van der Waals surface area contributed by atoms with Crippen LogP contribution in [0.15, 0.2) is 0 Å². The Morgan fingerprint density at radius 3 is 2.50 bits per heavy atom. The van der Waals surface area contributed by atoms with Crippen LogP contribution in [-0.2, 0) is 9.22 Å². The largest absolute Gasteiger partial charge is 0.421 e. The highest BCUT2D eigenvalue weighted by Crippen LogP contribution is 1.65. The molecule has 0 spiro atoms. The number of rotatable bonds is 2. The van der Waals surface area contributed by atoms with Crippen LogP contribution < -0.4 is 0 Å². The van der Waals surface area contributed by atoms with Crippen LogP contribution in [0.1, 0.15) is 6.92 Å². The smallest absolute Gasteiger partial charge is 0.154 e. The van der Waals surface area contributed by atoms with Crippen molar-refractivity contribution in [1.82, 2.24) is 0 Å². The Hall–Kier alpha value is -0.153. The van der Waals surface area contributed by atoms with Crippen molar-refractivity contribution in [3.8, 4) is 0 Å². The lowest BCUT2D eigenvalue weighted by molar-refractivity contribution is -0.118. The standard InChI is InChI=1S/C3H8O2Si/c1-3(4)2-5-6/h2H2,1,6H3. The van der Waals surface area contributed by atoms with Crippen LogP contribution in [0.5, 0.6) is 0 Å². The summed E-state index contributed by atoms with van der Waals surface area (Å²) in [7, 11) is 0.666. The molecule has 3 heteroatoms. The SMILES string of the molecule is CC(=O)CO[SiH3]. The molecule has 36 valence electrons. The molecule has 0 aliphatic rings. The van der Waals surface area contributed by atoms with Crippen LogP contribution in [0.2, 0.25) is 0 Å². The molecule has 0 rings (SSSR count). The molecule has 0 saturated heterocycles. The first kappa shape index (κ1) is 5.85. The van der Waals surface area contributed by atoms with Crippen LogP contribution in [0.3, 0.4) is 0 Å². The van der Waals surface area contributed by atoms with Crippen LogP contribution in [0, 0.1) is 0 Å². The summed E-state index contributed by atoms with van der Waals surface area (Å²) in [6, 6.07) is 0. The first-order valence-electron chi connectivity index (χ1n) is 1.75. The monoisotopic (exact) mass is 104 g/mol. The van der Waals surface area contributed by atoms with Gasteiger partial charge in [-0.05, 0) is 6.92 Å². The van der Waals surface area contributed by atoms with Gasteiger partial charge in [-0.15, -0.1) is 0 Å². The first-order chi connectivity index (χ1) is 2.77. The van der Waals surface area contributed by atoms with Gasteiger partial charge in [0.15, 0.2) is 5.78 Å². The zero-order valence-electron chi connectivity index (χ0n) is 4.02. The molecule has 0 aromatic carbocycles. The van der Waals surface area contributed by atoms with Crippen molar-refractivity contribution in [2.45, 2.75) is 6.92 Å². The molecular formula is C3H8O2Si. The third-order valence-electron chi connectivity index (χ3n) is 0.348. The van der Waals surface area contributed by atoms with E-state index in [9.17, 15) is 4.79 Å². The molecule has 0 bridgehead atoms. The predicted octanol–water partition coefficient (Wildman–Crippen LogP) is -1.13. The predicted molar refractivity (Wildman–Crippen MR) is 26.6 cm³/mol. The van der Waals surface area contributed by atoms with Gasteiger partial charge >= 0.3 is 0 Å². The van der Waals surface area contributed by atoms with Gasteiger partial charge in [0.2, 0.25) is 0 Å². The number of hydrogen-bond donors (Lipinski definition) is 0. The van der Waals surface area contributed by atoms with E-state index in [1.54, 1.807) is 0 Å². The number of carbonyl (C=O) groups excluding carboxylic acids is 1. The molecule has 0 amide bonds. The second kappa shape index (κ2) is 3.05. The average molecular weight is 104 g/mol. The van der Waals surface area contributed by atoms with Crippen molar-refractivity contribution in [1.29, 1.82) is 0 Å². The lowest BCUT2D eigenvalue weighted by Gasteiger charge is -1.85. The molecule has 0 aromatic heterocycles. The molecule has 0 radical (unpaired) electrons. The van der Waals surface area contributed by atoms with E-state index < -0.39 is 0 Å². The summed E-state index contributed by atoms with van der Waals surface area (Å²) in [6.45, 7) is 1.81. The third kappa shape index (κ3) is 3.85. The third-order valence-corrected chi connectivity index (χ3v) is 0.636. The van der Waals surface area contributed by atoms with E-state index in [4.69, 9.17) is 0 Å². The molecule has 0 saturated carbocycles. The Bertz CT molecular complexity index is 52.8. The van der Waals surface area contributed by atoms with Gasteiger partial charge in [-0.3, -0.25) is 4.79 Å². The molecule has 0 aliphatic carbocycles. The van der Waals surface area contributed by atoms with E-state index in [-0.39, 0.29) is 5.78 Å². The minimum Gasteiger partial charge on any atom is -0.421 e. The summed E-state index contributed by atoms with van der Waals surface area (Å²) in [5, 5.41) is 0. The number of ketones is 1. The van der Waals surface area contributed by atoms with E-state index in [2.05, 4.69) is 4.43 Å². The maximum absolute atomic E-state index is 9.94. The number of carbonyl (C=O) groups is 1. The zero-order valence-corrected chi connectivity index (χ0v) is 6.02. The van der Waals surface area contributed by atoms with Crippen molar-refractivity contribution in [2.24, 2.45) is 0 Å². The molecule has 6 heavy (non-hydrogen) atoms. The van der Waals surface area contributed by atoms with Gasteiger partial charge in [-0.1, -0.05) is 0 Å². The Kier molecular flexibility index (Phi) is 2.98. The van der Waals surface area contributed by atoms with Crippen LogP contribution in [0.25, 0.3) is 0 Å². The fourth-order valence-electron chi connectivity index (χ4n) is 0.203. The highest BCUT2D eigenvalue weighted by molar-refractivity contribution is 5.99. The quantitative estimate of drug-likeness (QED) is 0.414. The summed E-state index contributed by atoms with van der Waals surface area (Å²) in [4.78, 5) is 9.94. The fourth-order valence-corrected chi connectivity index (χ4v) is 0.610. The van der Waals surface area contributed by atoms with Gasteiger partial charge in [-0.2, -0.15) is 0 Å². The van der Waals surface area contributed by atoms with Gasteiger partial charge in [0.05, 0.1) is 6.61 Å². The minimum absolute atomic E-state index is 0.102. The summed E-state index contributed by atoms with van der Waals surface area (Å²) in [5.41, 5.74) is 0. The van der Waals surface area contributed by atoms with Crippen molar-refractivity contribution in [3.63, 3.8) is 0 Å². The highest BCUT2D eigenvalue weighted by Gasteiger charge is 1.83. The number of Topliss-reactive ketones (excluding diaryl/α,β-unsaturated/α-hetero) is 1. The van der Waals surface area contributed by atoms with Gasteiger partial charge in [0, 0.05) is 0 Å². The van der Waals surface area contributed by atoms with Crippen LogP contribution in [-0.4, -0.2) is 22.9 Å². The van der Waals surface area contributed by atoms with Crippen molar-refractivity contribution in [3.05, 3.63) is 0 Å². The van der Waals surface area contributed by atoms with Gasteiger partial charge in [0.25, 0.3) is 0 Å². The first-order valence-corrected chi connectivity index (χ1v) is 2.57. The molecule has 0 aromatic rings. The summed E-state index contributed by atoms with van der Waals surface area (Å²) in [6.07, 6.45) is 0. The Labute approximate surface area is 40.0 Å². The molecular weight excluding hydrogens is 96.1 g/mol. The average Bonchev–Trinajstić information content (AvgIpc) is 1.35. The molecule has 0 atom stereocenters. The minimum atomic E-state index is 0.102. The van der Waals surface area contributed by atoms with Crippen molar-refractivity contribution in [2.75, 3.05) is 6.61 Å². The van der Waals surface area contributed by atoms with Crippen molar-refractivity contribution < 1.29 is 9.22 Å². The second-order valence-corrected chi connectivity index (χ2v) is 1.71. The van der Waals surface area contributed by atoms with Crippen molar-refractivity contribution >= 4 is 16.3 Å². The fraction of sp³-hybridized carbons (Fsp3) is 0.667. The maximum Gasteiger partial charge on any atom is 0.154 e. The van der Waals surface area contributed by atoms with Gasteiger partial charge in [0.1, 0.15) is 10.5 Å². The van der Waals surface area contributed by atoms with E-state index in [1.165, 1.54) is 6.92 Å². The Morgan fingerprint density at radius 2 is 2.50 bits per heavy atom. The molecule has 0 aliphatic heterocycles. The molecule has 0 N–H and O–H groups in total. The van der Waals surface area contributed by atoms with E-state index in [0.29, 0.717) is 17.1 Å². The van der Waals surface area contributed by atoms with Crippen LogP contribution in [0.4, 0.5) is 0 Å². The highest BCUT2D eigenvalue weighted by atomic mass is 28.2. The molecule has 0 heterocycles. The van der Waals surface area contributed by atoms with Gasteiger partial charge in [-0.25, -0.2) is 0 Å². The molecule has 2 nitrogen and oxygen atoms in total. The summed E-state index contributed by atoms with van der Waals surface area (Å²) in [5.74, 6) is 0.102. The summed E-state index contributed by atoms with van der Waals surface area (Å²) >= 11 is 0. The summed E-state index contributed by atoms with van der Waals surface area (Å²) < 4.78 is 4.59.